The zero-order valence-corrected chi connectivity index (χ0v) is 15.6. The van der Waals surface area contributed by atoms with Gasteiger partial charge >= 0.3 is 0 Å². The SMILES string of the molecule is Cn1nnnc1Cn1ccc2c(N3CCC(O)C3)nc(C(C)(C)C)nc21. The van der Waals surface area contributed by atoms with Crippen LogP contribution in [0.15, 0.2) is 12.3 Å². The number of aryl methyl sites for hydroxylation is 1. The molecule has 138 valence electrons. The highest BCUT2D eigenvalue weighted by atomic mass is 16.3. The molecule has 1 fully saturated rings. The lowest BCUT2D eigenvalue weighted by Gasteiger charge is -2.23. The number of β-amino-alcohol motifs (C(OH)–C–C–N with tert-alkyl or cyclic N) is 1. The average molecular weight is 356 g/mol. The van der Waals surface area contributed by atoms with Crippen LogP contribution in [-0.4, -0.2) is 59.0 Å². The standard InChI is InChI=1S/C17H24N8O/c1-17(2,3)16-18-14(24-7-5-11(26)9-24)12-6-8-25(15(12)19-16)10-13-20-21-22-23(13)4/h6,8,11,26H,5,7,9-10H2,1-4H3. The lowest BCUT2D eigenvalue weighted by atomic mass is 9.95. The monoisotopic (exact) mass is 356 g/mol. The Labute approximate surface area is 151 Å². The third-order valence-electron chi connectivity index (χ3n) is 4.75. The Balaban J connectivity index is 1.84. The van der Waals surface area contributed by atoms with Crippen LogP contribution in [0.3, 0.4) is 0 Å². The first-order valence-corrected chi connectivity index (χ1v) is 8.84. The van der Waals surface area contributed by atoms with Crippen LogP contribution in [-0.2, 0) is 19.0 Å². The van der Waals surface area contributed by atoms with Gasteiger partial charge in [-0.2, -0.15) is 0 Å². The van der Waals surface area contributed by atoms with Crippen molar-refractivity contribution in [2.45, 2.75) is 45.3 Å². The molecule has 1 aliphatic rings. The number of nitrogens with zero attached hydrogens (tertiary/aromatic N) is 8. The van der Waals surface area contributed by atoms with E-state index in [1.807, 2.05) is 23.9 Å². The number of hydrogen-bond donors (Lipinski definition) is 1. The molecule has 3 aromatic heterocycles. The van der Waals surface area contributed by atoms with Crippen molar-refractivity contribution in [1.82, 2.24) is 34.7 Å². The molecule has 0 amide bonds. The van der Waals surface area contributed by atoms with Crippen LogP contribution >= 0.6 is 0 Å². The van der Waals surface area contributed by atoms with Crippen LogP contribution < -0.4 is 4.90 Å². The van der Waals surface area contributed by atoms with E-state index in [1.54, 1.807) is 4.68 Å². The van der Waals surface area contributed by atoms with Gasteiger partial charge in [-0.1, -0.05) is 20.8 Å². The Morgan fingerprint density at radius 1 is 1.27 bits per heavy atom. The van der Waals surface area contributed by atoms with Gasteiger partial charge in [0.15, 0.2) is 5.82 Å². The summed E-state index contributed by atoms with van der Waals surface area (Å²) in [7, 11) is 1.83. The normalized spacial score (nSPS) is 18.2. The Hall–Kier alpha value is -2.55. The largest absolute Gasteiger partial charge is 0.391 e. The molecule has 0 saturated carbocycles. The highest BCUT2D eigenvalue weighted by Gasteiger charge is 2.27. The zero-order valence-electron chi connectivity index (χ0n) is 15.6. The molecule has 0 radical (unpaired) electrons. The van der Waals surface area contributed by atoms with E-state index in [1.165, 1.54) is 0 Å². The van der Waals surface area contributed by atoms with E-state index in [0.717, 1.165) is 41.5 Å². The van der Waals surface area contributed by atoms with Gasteiger partial charge in [0, 0.05) is 31.7 Å². The minimum atomic E-state index is -0.301. The number of rotatable bonds is 3. The topological polar surface area (TPSA) is 97.8 Å². The maximum Gasteiger partial charge on any atom is 0.170 e. The lowest BCUT2D eigenvalue weighted by molar-refractivity contribution is 0.198. The number of aliphatic hydroxyl groups is 1. The maximum absolute atomic E-state index is 9.95. The summed E-state index contributed by atoms with van der Waals surface area (Å²) in [6.45, 7) is 8.27. The predicted octanol–water partition coefficient (Wildman–Crippen LogP) is 0.872. The summed E-state index contributed by atoms with van der Waals surface area (Å²) in [5.41, 5.74) is 0.687. The van der Waals surface area contributed by atoms with Gasteiger partial charge in [-0.05, 0) is 22.9 Å². The average Bonchev–Trinajstić information content (AvgIpc) is 3.28. The van der Waals surface area contributed by atoms with E-state index in [-0.39, 0.29) is 11.5 Å². The fraction of sp³-hybridized carbons (Fsp3) is 0.588. The molecule has 1 N–H and O–H groups in total. The van der Waals surface area contributed by atoms with Gasteiger partial charge in [-0.15, -0.1) is 5.10 Å². The minimum Gasteiger partial charge on any atom is -0.391 e. The maximum atomic E-state index is 9.95. The third kappa shape index (κ3) is 2.92. The molecule has 26 heavy (non-hydrogen) atoms. The Morgan fingerprint density at radius 3 is 2.69 bits per heavy atom. The first-order valence-electron chi connectivity index (χ1n) is 8.84. The van der Waals surface area contributed by atoms with E-state index in [2.05, 4.69) is 41.2 Å². The lowest BCUT2D eigenvalue weighted by Crippen LogP contribution is -2.25. The molecule has 1 unspecified atom stereocenters. The van der Waals surface area contributed by atoms with Crippen LogP contribution in [0.4, 0.5) is 5.82 Å². The quantitative estimate of drug-likeness (QED) is 0.743. The second kappa shape index (κ2) is 6.01. The van der Waals surface area contributed by atoms with Gasteiger partial charge in [0.25, 0.3) is 0 Å². The third-order valence-corrected chi connectivity index (χ3v) is 4.75. The van der Waals surface area contributed by atoms with Gasteiger partial charge < -0.3 is 14.6 Å². The van der Waals surface area contributed by atoms with Crippen molar-refractivity contribution in [2.24, 2.45) is 7.05 Å². The first-order chi connectivity index (χ1) is 12.3. The van der Waals surface area contributed by atoms with Crippen LogP contribution in [0.5, 0.6) is 0 Å². The van der Waals surface area contributed by atoms with Gasteiger partial charge in [-0.25, -0.2) is 14.6 Å². The van der Waals surface area contributed by atoms with Crippen molar-refractivity contribution in [2.75, 3.05) is 18.0 Å². The fourth-order valence-corrected chi connectivity index (χ4v) is 3.22. The molecule has 9 nitrogen and oxygen atoms in total. The van der Waals surface area contributed by atoms with E-state index >= 15 is 0 Å². The molecule has 0 bridgehead atoms. The van der Waals surface area contributed by atoms with Crippen molar-refractivity contribution >= 4 is 16.9 Å². The molecular formula is C17H24N8O. The smallest absolute Gasteiger partial charge is 0.170 e. The van der Waals surface area contributed by atoms with Crippen molar-refractivity contribution in [3.8, 4) is 0 Å². The molecule has 0 spiro atoms. The van der Waals surface area contributed by atoms with E-state index in [9.17, 15) is 5.11 Å². The molecule has 4 heterocycles. The van der Waals surface area contributed by atoms with Gasteiger partial charge in [0.05, 0.1) is 18.0 Å². The molecule has 1 atom stereocenters. The van der Waals surface area contributed by atoms with Crippen molar-refractivity contribution in [3.05, 3.63) is 23.9 Å². The van der Waals surface area contributed by atoms with Gasteiger partial charge in [0.1, 0.15) is 17.3 Å². The van der Waals surface area contributed by atoms with E-state index in [0.29, 0.717) is 13.1 Å². The number of aromatic nitrogens is 7. The summed E-state index contributed by atoms with van der Waals surface area (Å²) in [6, 6.07) is 2.03. The second-order valence-electron chi connectivity index (χ2n) is 7.91. The van der Waals surface area contributed by atoms with E-state index < -0.39 is 0 Å². The van der Waals surface area contributed by atoms with Crippen LogP contribution in [0.1, 0.15) is 38.8 Å². The van der Waals surface area contributed by atoms with Crippen LogP contribution in [0.25, 0.3) is 11.0 Å². The van der Waals surface area contributed by atoms with Crippen molar-refractivity contribution in [1.29, 1.82) is 0 Å². The molecule has 1 saturated heterocycles. The number of aliphatic hydroxyl groups excluding tert-OH is 1. The number of fused-ring (bicyclic) bond motifs is 1. The molecule has 3 aromatic rings. The molecule has 0 aromatic carbocycles. The number of anilines is 1. The molecule has 9 heteroatoms. The summed E-state index contributed by atoms with van der Waals surface area (Å²) >= 11 is 0. The molecule has 4 rings (SSSR count). The minimum absolute atomic E-state index is 0.178. The van der Waals surface area contributed by atoms with Crippen molar-refractivity contribution in [3.63, 3.8) is 0 Å². The Morgan fingerprint density at radius 2 is 2.08 bits per heavy atom. The molecule has 1 aliphatic heterocycles. The Kier molecular flexibility index (Phi) is 3.91. The fourth-order valence-electron chi connectivity index (χ4n) is 3.22. The highest BCUT2D eigenvalue weighted by molar-refractivity contribution is 5.88. The summed E-state index contributed by atoms with van der Waals surface area (Å²) in [4.78, 5) is 11.9. The van der Waals surface area contributed by atoms with Crippen LogP contribution in [0.2, 0.25) is 0 Å². The van der Waals surface area contributed by atoms with Crippen LogP contribution in [0, 0.1) is 0 Å². The summed E-state index contributed by atoms with van der Waals surface area (Å²) in [5.74, 6) is 2.44. The molecule has 0 aliphatic carbocycles. The zero-order chi connectivity index (χ0) is 18.5. The predicted molar refractivity (Wildman–Crippen MR) is 97.0 cm³/mol. The second-order valence-corrected chi connectivity index (χ2v) is 7.91. The number of tetrazole rings is 1. The summed E-state index contributed by atoms with van der Waals surface area (Å²) in [6.07, 6.45) is 2.46. The first kappa shape index (κ1) is 16.9. The van der Waals surface area contributed by atoms with Gasteiger partial charge in [0.2, 0.25) is 0 Å². The summed E-state index contributed by atoms with van der Waals surface area (Å²) in [5, 5.41) is 22.6. The Bertz CT molecular complexity index is 938. The summed E-state index contributed by atoms with van der Waals surface area (Å²) < 4.78 is 3.71. The van der Waals surface area contributed by atoms with Gasteiger partial charge in [-0.3, -0.25) is 0 Å². The number of hydrogen-bond acceptors (Lipinski definition) is 7. The van der Waals surface area contributed by atoms with E-state index in [4.69, 9.17) is 9.97 Å². The highest BCUT2D eigenvalue weighted by Crippen LogP contribution is 2.31. The molecular weight excluding hydrogens is 332 g/mol. The van der Waals surface area contributed by atoms with Crippen molar-refractivity contribution < 1.29 is 5.11 Å².